The van der Waals surface area contributed by atoms with Crippen LogP contribution in [0.1, 0.15) is 0 Å². The molecule has 0 spiro atoms. The maximum atomic E-state index is 11.7. The molecule has 84 valence electrons. The molecule has 0 atom stereocenters. The molecule has 1 aromatic rings. The zero-order valence-electron chi connectivity index (χ0n) is 8.10. The van der Waals surface area contributed by atoms with Gasteiger partial charge in [0.15, 0.2) is 0 Å². The molecule has 0 bridgehead atoms. The van der Waals surface area contributed by atoms with Gasteiger partial charge in [-0.3, -0.25) is 0 Å². The number of halogens is 1. The third-order valence-electron chi connectivity index (χ3n) is 1.61. The predicted octanol–water partition coefficient (Wildman–Crippen LogP) is 1.38. The smallest absolute Gasteiger partial charge is 0.243 e. The van der Waals surface area contributed by atoms with Gasteiger partial charge in [-0.05, 0) is 18.4 Å². The molecule has 0 saturated heterocycles. The first-order chi connectivity index (χ1) is 7.08. The topological polar surface area (TPSA) is 59.1 Å². The Kier molecular flexibility index (Phi) is 4.85. The minimum Gasteiger partial charge on any atom is -0.243 e. The number of hydrogen-bond acceptors (Lipinski definition) is 4. The molecule has 0 fully saturated rings. The van der Waals surface area contributed by atoms with E-state index >= 15 is 0 Å². The number of thioether (sulfide) groups is 1. The summed E-state index contributed by atoms with van der Waals surface area (Å²) in [6.45, 7) is 0.384. The highest BCUT2D eigenvalue weighted by atomic mass is 35.5. The Labute approximate surface area is 98.5 Å². The molecule has 1 aromatic heterocycles. The van der Waals surface area contributed by atoms with Crippen molar-refractivity contribution in [3.63, 3.8) is 0 Å². The predicted molar refractivity (Wildman–Crippen MR) is 62.8 cm³/mol. The van der Waals surface area contributed by atoms with Gasteiger partial charge in [-0.25, -0.2) is 18.1 Å². The highest BCUT2D eigenvalue weighted by Gasteiger charge is 2.17. The van der Waals surface area contributed by atoms with Gasteiger partial charge in [0.2, 0.25) is 10.0 Å². The lowest BCUT2D eigenvalue weighted by atomic mass is 10.5. The maximum absolute atomic E-state index is 11.7. The molecular formula is C8H11ClN2O2S2. The van der Waals surface area contributed by atoms with Crippen molar-refractivity contribution in [1.29, 1.82) is 0 Å². The molecule has 1 heterocycles. The van der Waals surface area contributed by atoms with Gasteiger partial charge in [0, 0.05) is 18.5 Å². The summed E-state index contributed by atoms with van der Waals surface area (Å²) in [6, 6.07) is 2.96. The zero-order chi connectivity index (χ0) is 11.3. The highest BCUT2D eigenvalue weighted by molar-refractivity contribution is 7.98. The van der Waals surface area contributed by atoms with Crippen molar-refractivity contribution in [2.24, 2.45) is 0 Å². The summed E-state index contributed by atoms with van der Waals surface area (Å²) in [6.07, 6.45) is 3.36. The summed E-state index contributed by atoms with van der Waals surface area (Å²) >= 11 is 7.25. The molecule has 15 heavy (non-hydrogen) atoms. The lowest BCUT2D eigenvalue weighted by Crippen LogP contribution is -2.26. The zero-order valence-corrected chi connectivity index (χ0v) is 10.5. The van der Waals surface area contributed by atoms with E-state index in [9.17, 15) is 8.42 Å². The van der Waals surface area contributed by atoms with E-state index in [0.29, 0.717) is 6.54 Å². The Morgan fingerprint density at radius 2 is 2.33 bits per heavy atom. The van der Waals surface area contributed by atoms with Crippen LogP contribution in [0.5, 0.6) is 0 Å². The van der Waals surface area contributed by atoms with Crippen LogP contribution in [0.4, 0.5) is 0 Å². The number of nitrogens with zero attached hydrogens (tertiary/aromatic N) is 1. The monoisotopic (exact) mass is 266 g/mol. The molecule has 1 rings (SSSR count). The Morgan fingerprint density at radius 1 is 1.60 bits per heavy atom. The van der Waals surface area contributed by atoms with E-state index in [4.69, 9.17) is 11.6 Å². The summed E-state index contributed by atoms with van der Waals surface area (Å²) in [7, 11) is -3.52. The van der Waals surface area contributed by atoms with E-state index in [-0.39, 0.29) is 10.0 Å². The van der Waals surface area contributed by atoms with Gasteiger partial charge in [0.05, 0.1) is 0 Å². The highest BCUT2D eigenvalue weighted by Crippen LogP contribution is 2.17. The van der Waals surface area contributed by atoms with E-state index < -0.39 is 10.0 Å². The van der Waals surface area contributed by atoms with Crippen LogP contribution in [-0.4, -0.2) is 32.0 Å². The lowest BCUT2D eigenvalue weighted by molar-refractivity contribution is 0.584. The molecular weight excluding hydrogens is 256 g/mol. The molecule has 0 radical (unpaired) electrons. The van der Waals surface area contributed by atoms with Crippen LogP contribution in [0.25, 0.3) is 0 Å². The quantitative estimate of drug-likeness (QED) is 0.646. The molecule has 0 amide bonds. The number of hydrogen-bond donors (Lipinski definition) is 1. The van der Waals surface area contributed by atoms with E-state index in [0.717, 1.165) is 5.75 Å². The van der Waals surface area contributed by atoms with Crippen LogP contribution in [0, 0.1) is 0 Å². The molecule has 0 saturated carbocycles. The maximum Gasteiger partial charge on any atom is 0.243 e. The van der Waals surface area contributed by atoms with Crippen molar-refractivity contribution in [2.75, 3.05) is 18.6 Å². The standard InChI is InChI=1S/C8H11ClN2O2S2/c1-14-6-5-11-15(12,13)7-3-2-4-10-8(7)9/h2-4,11H,5-6H2,1H3. The third kappa shape index (κ3) is 3.64. The second-order valence-electron chi connectivity index (χ2n) is 2.68. The third-order valence-corrected chi connectivity index (χ3v) is 4.13. The number of pyridine rings is 1. The fourth-order valence-electron chi connectivity index (χ4n) is 0.928. The number of rotatable bonds is 5. The first-order valence-corrected chi connectivity index (χ1v) is 7.42. The van der Waals surface area contributed by atoms with Crippen molar-refractivity contribution in [1.82, 2.24) is 9.71 Å². The Hall–Kier alpha value is -0.300. The first kappa shape index (κ1) is 12.8. The molecule has 4 nitrogen and oxygen atoms in total. The van der Waals surface area contributed by atoms with Crippen molar-refractivity contribution in [2.45, 2.75) is 4.90 Å². The Morgan fingerprint density at radius 3 is 2.93 bits per heavy atom. The van der Waals surface area contributed by atoms with Crippen LogP contribution < -0.4 is 4.72 Å². The van der Waals surface area contributed by atoms with Crippen molar-refractivity contribution < 1.29 is 8.42 Å². The van der Waals surface area contributed by atoms with E-state index in [1.807, 2.05) is 6.26 Å². The van der Waals surface area contributed by atoms with Gasteiger partial charge in [0.25, 0.3) is 0 Å². The first-order valence-electron chi connectivity index (χ1n) is 4.17. The lowest BCUT2D eigenvalue weighted by Gasteiger charge is -2.06. The summed E-state index contributed by atoms with van der Waals surface area (Å²) in [4.78, 5) is 3.74. The average Bonchev–Trinajstić information content (AvgIpc) is 2.18. The van der Waals surface area contributed by atoms with Gasteiger partial charge in [-0.15, -0.1) is 0 Å². The van der Waals surface area contributed by atoms with E-state index in [1.165, 1.54) is 18.3 Å². The van der Waals surface area contributed by atoms with Crippen LogP contribution in [0.15, 0.2) is 23.2 Å². The fourth-order valence-corrected chi connectivity index (χ4v) is 2.85. The second kappa shape index (κ2) is 5.69. The van der Waals surface area contributed by atoms with Crippen molar-refractivity contribution >= 4 is 33.4 Å². The number of sulfonamides is 1. The van der Waals surface area contributed by atoms with E-state index in [2.05, 4.69) is 9.71 Å². The van der Waals surface area contributed by atoms with Crippen LogP contribution in [-0.2, 0) is 10.0 Å². The van der Waals surface area contributed by atoms with Crippen LogP contribution in [0.3, 0.4) is 0 Å². The normalized spacial score (nSPS) is 11.6. The van der Waals surface area contributed by atoms with E-state index in [1.54, 1.807) is 11.8 Å². The molecule has 7 heteroatoms. The minimum absolute atomic E-state index is 0.00542. The summed E-state index contributed by atoms with van der Waals surface area (Å²) in [5.41, 5.74) is 0. The SMILES string of the molecule is CSCCNS(=O)(=O)c1cccnc1Cl. The summed E-state index contributed by atoms with van der Waals surface area (Å²) in [5, 5.41) is -0.00542. The molecule has 0 aromatic carbocycles. The number of aromatic nitrogens is 1. The average molecular weight is 267 g/mol. The summed E-state index contributed by atoms with van der Waals surface area (Å²) in [5.74, 6) is 0.719. The minimum atomic E-state index is -3.52. The van der Waals surface area contributed by atoms with Gasteiger partial charge in [0.1, 0.15) is 10.0 Å². The van der Waals surface area contributed by atoms with Gasteiger partial charge in [-0.2, -0.15) is 11.8 Å². The van der Waals surface area contributed by atoms with Crippen molar-refractivity contribution in [3.8, 4) is 0 Å². The van der Waals surface area contributed by atoms with Crippen molar-refractivity contribution in [3.05, 3.63) is 23.5 Å². The molecule has 1 N–H and O–H groups in total. The van der Waals surface area contributed by atoms with Crippen LogP contribution in [0.2, 0.25) is 5.15 Å². The fraction of sp³-hybridized carbons (Fsp3) is 0.375. The van der Waals surface area contributed by atoms with Gasteiger partial charge >= 0.3 is 0 Å². The molecule has 0 aliphatic carbocycles. The number of nitrogens with one attached hydrogen (secondary N) is 1. The molecule has 0 aliphatic heterocycles. The Balaban J connectivity index is 2.83. The molecule has 0 aliphatic rings. The molecule has 0 unspecified atom stereocenters. The Bertz CT molecular complexity index is 422. The second-order valence-corrected chi connectivity index (χ2v) is 5.76. The summed E-state index contributed by atoms with van der Waals surface area (Å²) < 4.78 is 25.8. The largest absolute Gasteiger partial charge is 0.243 e. The van der Waals surface area contributed by atoms with Gasteiger partial charge in [-0.1, -0.05) is 11.6 Å². The van der Waals surface area contributed by atoms with Crippen LogP contribution >= 0.6 is 23.4 Å². The van der Waals surface area contributed by atoms with Gasteiger partial charge < -0.3 is 0 Å².